The van der Waals surface area contributed by atoms with Crippen molar-refractivity contribution in [1.82, 2.24) is 4.57 Å². The lowest BCUT2D eigenvalue weighted by atomic mass is 10.2. The van der Waals surface area contributed by atoms with Crippen molar-refractivity contribution < 1.29 is 9.18 Å². The molecule has 0 saturated heterocycles. The van der Waals surface area contributed by atoms with E-state index in [1.807, 2.05) is 0 Å². The molecule has 1 aromatic heterocycles. The molecule has 0 aliphatic heterocycles. The van der Waals surface area contributed by atoms with E-state index >= 15 is 0 Å². The fourth-order valence-corrected chi connectivity index (χ4v) is 1.08. The van der Waals surface area contributed by atoms with E-state index in [1.54, 1.807) is 22.9 Å². The Kier molecular flexibility index (Phi) is 2.31. The first kappa shape index (κ1) is 8.97. The molecule has 0 spiro atoms. The number of aromatic nitrogens is 1. The highest BCUT2D eigenvalue weighted by Gasteiger charge is 2.16. The molecular weight excluding hydrogens is 157 g/mol. The smallest absolute Gasteiger partial charge is 0.166 e. The van der Waals surface area contributed by atoms with Crippen LogP contribution in [-0.4, -0.2) is 16.5 Å². The van der Waals surface area contributed by atoms with E-state index in [-0.39, 0.29) is 6.54 Å². The molecule has 0 aromatic carbocycles. The van der Waals surface area contributed by atoms with E-state index in [4.69, 9.17) is 0 Å². The summed E-state index contributed by atoms with van der Waals surface area (Å²) in [5, 5.41) is 0. The number of nitrogens with zero attached hydrogens (tertiary/aromatic N) is 1. The molecule has 0 atom stereocenters. The van der Waals surface area contributed by atoms with Crippen LogP contribution in [0.2, 0.25) is 0 Å². The molecule has 0 fully saturated rings. The van der Waals surface area contributed by atoms with Crippen LogP contribution in [0.5, 0.6) is 0 Å². The topological polar surface area (TPSA) is 22.0 Å². The van der Waals surface area contributed by atoms with Gasteiger partial charge in [0.05, 0.1) is 12.2 Å². The summed E-state index contributed by atoms with van der Waals surface area (Å²) in [6, 6.07) is 3.40. The summed E-state index contributed by atoms with van der Waals surface area (Å²) in [4.78, 5) is 10.4. The summed E-state index contributed by atoms with van der Waals surface area (Å²) < 4.78 is 14.7. The number of halogens is 1. The van der Waals surface area contributed by atoms with Crippen LogP contribution < -0.4 is 0 Å². The molecule has 2 nitrogen and oxygen atoms in total. The normalized spacial score (nSPS) is 11.6. The third-order valence-electron chi connectivity index (χ3n) is 1.53. The van der Waals surface area contributed by atoms with Gasteiger partial charge in [-0.05, 0) is 26.0 Å². The van der Waals surface area contributed by atoms with Crippen LogP contribution in [0.1, 0.15) is 24.3 Å². The first-order valence-corrected chi connectivity index (χ1v) is 3.82. The molecule has 0 radical (unpaired) electrons. The third kappa shape index (κ3) is 2.19. The van der Waals surface area contributed by atoms with Gasteiger partial charge >= 0.3 is 0 Å². The largest absolute Gasteiger partial charge is 0.342 e. The van der Waals surface area contributed by atoms with E-state index in [1.165, 1.54) is 13.8 Å². The van der Waals surface area contributed by atoms with Crippen molar-refractivity contribution in [1.29, 1.82) is 0 Å². The molecule has 1 aromatic rings. The molecule has 0 bridgehead atoms. The molecule has 1 rings (SSSR count). The molecule has 12 heavy (non-hydrogen) atoms. The molecule has 0 aliphatic carbocycles. The number of hydrogen-bond acceptors (Lipinski definition) is 1. The van der Waals surface area contributed by atoms with Gasteiger partial charge in [-0.25, -0.2) is 4.39 Å². The Morgan fingerprint density at radius 3 is 2.83 bits per heavy atom. The molecule has 1 heterocycles. The monoisotopic (exact) mass is 169 g/mol. The SMILES string of the molecule is CC(C)(F)Cn1cccc1C=O. The van der Waals surface area contributed by atoms with Crippen LogP contribution in [0.3, 0.4) is 0 Å². The quantitative estimate of drug-likeness (QED) is 0.635. The van der Waals surface area contributed by atoms with Crippen molar-refractivity contribution in [3.63, 3.8) is 0 Å². The molecule has 0 N–H and O–H groups in total. The zero-order valence-electron chi connectivity index (χ0n) is 7.25. The fourth-order valence-electron chi connectivity index (χ4n) is 1.08. The van der Waals surface area contributed by atoms with Crippen LogP contribution in [-0.2, 0) is 6.54 Å². The highest BCUT2D eigenvalue weighted by molar-refractivity contribution is 5.72. The summed E-state index contributed by atoms with van der Waals surface area (Å²) in [5.74, 6) is 0. The van der Waals surface area contributed by atoms with Crippen molar-refractivity contribution in [2.24, 2.45) is 0 Å². The molecule has 0 aliphatic rings. The minimum atomic E-state index is -1.28. The maximum Gasteiger partial charge on any atom is 0.166 e. The molecule has 66 valence electrons. The zero-order chi connectivity index (χ0) is 9.19. The maximum atomic E-state index is 13.1. The van der Waals surface area contributed by atoms with Crippen molar-refractivity contribution >= 4 is 6.29 Å². The molecule has 0 saturated carbocycles. The second-order valence-corrected chi connectivity index (χ2v) is 3.40. The van der Waals surface area contributed by atoms with E-state index in [9.17, 15) is 9.18 Å². The van der Waals surface area contributed by atoms with Gasteiger partial charge in [0.2, 0.25) is 0 Å². The summed E-state index contributed by atoms with van der Waals surface area (Å²) in [7, 11) is 0. The predicted molar refractivity (Wildman–Crippen MR) is 45.0 cm³/mol. The summed E-state index contributed by atoms with van der Waals surface area (Å²) in [5.41, 5.74) is -0.766. The Labute approximate surface area is 71.0 Å². The molecule has 3 heteroatoms. The number of aldehydes is 1. The van der Waals surface area contributed by atoms with Crippen molar-refractivity contribution in [3.8, 4) is 0 Å². The number of rotatable bonds is 3. The fraction of sp³-hybridized carbons (Fsp3) is 0.444. The van der Waals surface area contributed by atoms with Gasteiger partial charge in [0, 0.05) is 6.20 Å². The average molecular weight is 169 g/mol. The highest BCUT2D eigenvalue weighted by Crippen LogP contribution is 2.13. The standard InChI is InChI=1S/C9H12FNO/c1-9(2,10)7-11-5-3-4-8(11)6-12/h3-6H,7H2,1-2H3. The van der Waals surface area contributed by atoms with Crippen molar-refractivity contribution in [2.45, 2.75) is 26.1 Å². The number of carbonyl (C=O) groups excluding carboxylic acids is 1. The lowest BCUT2D eigenvalue weighted by Gasteiger charge is -2.15. The van der Waals surface area contributed by atoms with Crippen LogP contribution in [0, 0.1) is 0 Å². The number of hydrogen-bond donors (Lipinski definition) is 0. The maximum absolute atomic E-state index is 13.1. The van der Waals surface area contributed by atoms with Gasteiger partial charge in [-0.2, -0.15) is 0 Å². The van der Waals surface area contributed by atoms with Gasteiger partial charge in [0.25, 0.3) is 0 Å². The van der Waals surface area contributed by atoms with Gasteiger partial charge in [-0.15, -0.1) is 0 Å². The molecule has 0 unspecified atom stereocenters. The summed E-state index contributed by atoms with van der Waals surface area (Å²) in [6.07, 6.45) is 2.43. The van der Waals surface area contributed by atoms with Crippen LogP contribution in [0.25, 0.3) is 0 Å². The average Bonchev–Trinajstić information content (AvgIpc) is 2.31. The number of carbonyl (C=O) groups is 1. The van der Waals surface area contributed by atoms with Gasteiger partial charge < -0.3 is 4.57 Å². The second kappa shape index (κ2) is 3.09. The van der Waals surface area contributed by atoms with Gasteiger partial charge in [0.1, 0.15) is 5.67 Å². The summed E-state index contributed by atoms with van der Waals surface area (Å²) >= 11 is 0. The van der Waals surface area contributed by atoms with Crippen LogP contribution in [0.4, 0.5) is 4.39 Å². The van der Waals surface area contributed by atoms with Crippen molar-refractivity contribution in [2.75, 3.05) is 0 Å². The predicted octanol–water partition coefficient (Wildman–Crippen LogP) is 2.05. The summed E-state index contributed by atoms with van der Waals surface area (Å²) in [6.45, 7) is 3.19. The molecule has 0 amide bonds. The highest BCUT2D eigenvalue weighted by atomic mass is 19.1. The van der Waals surface area contributed by atoms with E-state index < -0.39 is 5.67 Å². The van der Waals surface area contributed by atoms with Crippen LogP contribution in [0.15, 0.2) is 18.3 Å². The first-order chi connectivity index (χ1) is 5.53. The van der Waals surface area contributed by atoms with E-state index in [0.717, 1.165) is 6.29 Å². The Morgan fingerprint density at radius 1 is 1.67 bits per heavy atom. The Morgan fingerprint density at radius 2 is 2.33 bits per heavy atom. The van der Waals surface area contributed by atoms with E-state index in [2.05, 4.69) is 0 Å². The lowest BCUT2D eigenvalue weighted by Crippen LogP contribution is -2.21. The Hall–Kier alpha value is -1.12. The zero-order valence-corrected chi connectivity index (χ0v) is 7.25. The van der Waals surface area contributed by atoms with Crippen molar-refractivity contribution in [3.05, 3.63) is 24.0 Å². The lowest BCUT2D eigenvalue weighted by molar-refractivity contribution is 0.111. The molecular formula is C9H12FNO. The van der Waals surface area contributed by atoms with E-state index in [0.29, 0.717) is 5.69 Å². The number of alkyl halides is 1. The van der Waals surface area contributed by atoms with Gasteiger partial charge in [0.15, 0.2) is 6.29 Å². The minimum absolute atomic E-state index is 0.216. The van der Waals surface area contributed by atoms with Gasteiger partial charge in [-0.1, -0.05) is 0 Å². The minimum Gasteiger partial charge on any atom is -0.342 e. The Balaban J connectivity index is 2.81. The van der Waals surface area contributed by atoms with Crippen LogP contribution >= 0.6 is 0 Å². The first-order valence-electron chi connectivity index (χ1n) is 3.82. The van der Waals surface area contributed by atoms with Gasteiger partial charge in [-0.3, -0.25) is 4.79 Å². The Bertz CT molecular complexity index is 272. The second-order valence-electron chi connectivity index (χ2n) is 3.40. The third-order valence-corrected chi connectivity index (χ3v) is 1.53.